The van der Waals surface area contributed by atoms with Gasteiger partial charge in [0.15, 0.2) is 16.6 Å². The first-order chi connectivity index (χ1) is 12.2. The Kier molecular flexibility index (Phi) is 5.51. The lowest BCUT2D eigenvalue weighted by atomic mass is 10.3. The van der Waals surface area contributed by atoms with Gasteiger partial charge in [-0.1, -0.05) is 0 Å². The minimum Gasteiger partial charge on any atom is -0.378 e. The quantitative estimate of drug-likeness (QED) is 0.788. The number of ether oxygens (including phenoxy) is 1. The summed E-state index contributed by atoms with van der Waals surface area (Å²) in [5.74, 6) is 0.205. The summed E-state index contributed by atoms with van der Waals surface area (Å²) in [7, 11) is 1.57. The van der Waals surface area contributed by atoms with Crippen molar-refractivity contribution in [3.63, 3.8) is 0 Å². The Labute approximate surface area is 148 Å². The van der Waals surface area contributed by atoms with Crippen LogP contribution in [-0.2, 0) is 16.0 Å². The number of aromatic nitrogens is 3. The number of amides is 2. The molecule has 2 N–H and O–H groups in total. The van der Waals surface area contributed by atoms with E-state index in [4.69, 9.17) is 4.74 Å². The topological polar surface area (TPSA) is 109 Å². The van der Waals surface area contributed by atoms with Gasteiger partial charge in [-0.2, -0.15) is 0 Å². The first kappa shape index (κ1) is 17.2. The molecule has 1 saturated heterocycles. The predicted octanol–water partition coefficient (Wildman–Crippen LogP) is 0.310. The summed E-state index contributed by atoms with van der Waals surface area (Å²) in [4.78, 5) is 29.8. The van der Waals surface area contributed by atoms with Crippen LogP contribution < -0.4 is 15.5 Å². The van der Waals surface area contributed by atoms with Crippen LogP contribution in [-0.4, -0.2) is 60.3 Å². The molecule has 0 radical (unpaired) electrons. The third-order valence-electron chi connectivity index (χ3n) is 3.61. The molecule has 9 nitrogen and oxygen atoms in total. The van der Waals surface area contributed by atoms with Gasteiger partial charge in [-0.3, -0.25) is 14.9 Å². The van der Waals surface area contributed by atoms with E-state index in [1.807, 2.05) is 0 Å². The van der Waals surface area contributed by atoms with Gasteiger partial charge >= 0.3 is 0 Å². The van der Waals surface area contributed by atoms with E-state index in [2.05, 4.69) is 30.7 Å². The molecule has 2 aromatic rings. The number of anilines is 2. The summed E-state index contributed by atoms with van der Waals surface area (Å²) in [6, 6.07) is 3.40. The Morgan fingerprint density at radius 3 is 2.76 bits per heavy atom. The molecule has 1 fully saturated rings. The van der Waals surface area contributed by atoms with Crippen molar-refractivity contribution in [3.8, 4) is 0 Å². The van der Waals surface area contributed by atoms with Gasteiger partial charge in [0.1, 0.15) is 0 Å². The summed E-state index contributed by atoms with van der Waals surface area (Å²) in [6.07, 6.45) is 0.178. The number of morpholine rings is 1. The van der Waals surface area contributed by atoms with Crippen molar-refractivity contribution in [2.45, 2.75) is 6.42 Å². The summed E-state index contributed by atoms with van der Waals surface area (Å²) in [5, 5.41) is 15.4. The molecular formula is C15H18N6O3S. The van der Waals surface area contributed by atoms with Gasteiger partial charge in [-0.25, -0.2) is 4.98 Å². The first-order valence-electron chi connectivity index (χ1n) is 7.78. The summed E-state index contributed by atoms with van der Waals surface area (Å²) in [5.41, 5.74) is 0.813. The van der Waals surface area contributed by atoms with Crippen molar-refractivity contribution in [1.29, 1.82) is 0 Å². The fourth-order valence-corrected chi connectivity index (χ4v) is 2.97. The van der Waals surface area contributed by atoms with Gasteiger partial charge in [0, 0.05) is 25.5 Å². The molecule has 0 aliphatic carbocycles. The van der Waals surface area contributed by atoms with Crippen LogP contribution in [0.2, 0.25) is 0 Å². The molecule has 0 atom stereocenters. The highest BCUT2D eigenvalue weighted by atomic mass is 32.1. The minimum absolute atomic E-state index is 0.132. The average Bonchev–Trinajstić information content (AvgIpc) is 3.09. The molecule has 2 aromatic heterocycles. The number of carbonyl (C=O) groups excluding carboxylic acids is 2. The SMILES string of the molecule is CNC(=O)Cc1csc(NC(=O)c2ccc(N3CCOCC3)nn2)n1. The van der Waals surface area contributed by atoms with Crippen LogP contribution in [0.1, 0.15) is 16.2 Å². The third kappa shape index (κ3) is 4.48. The number of nitrogens with zero attached hydrogens (tertiary/aromatic N) is 4. The van der Waals surface area contributed by atoms with Crippen molar-refractivity contribution < 1.29 is 14.3 Å². The van der Waals surface area contributed by atoms with E-state index in [1.54, 1.807) is 24.6 Å². The maximum absolute atomic E-state index is 12.2. The molecule has 132 valence electrons. The van der Waals surface area contributed by atoms with Gasteiger partial charge in [0.2, 0.25) is 5.91 Å². The Balaban J connectivity index is 1.60. The van der Waals surface area contributed by atoms with Crippen LogP contribution in [0, 0.1) is 0 Å². The van der Waals surface area contributed by atoms with Crippen LogP contribution in [0.15, 0.2) is 17.5 Å². The molecule has 3 rings (SSSR count). The highest BCUT2D eigenvalue weighted by Gasteiger charge is 2.15. The second kappa shape index (κ2) is 7.99. The van der Waals surface area contributed by atoms with Crippen molar-refractivity contribution >= 4 is 34.1 Å². The van der Waals surface area contributed by atoms with Crippen LogP contribution in [0.3, 0.4) is 0 Å². The molecule has 0 aromatic carbocycles. The Morgan fingerprint density at radius 1 is 1.28 bits per heavy atom. The highest BCUT2D eigenvalue weighted by molar-refractivity contribution is 7.14. The minimum atomic E-state index is -0.387. The Hall–Kier alpha value is -2.59. The molecule has 10 heteroatoms. The first-order valence-corrected chi connectivity index (χ1v) is 8.66. The van der Waals surface area contributed by atoms with Crippen LogP contribution >= 0.6 is 11.3 Å². The largest absolute Gasteiger partial charge is 0.378 e. The second-order valence-electron chi connectivity index (χ2n) is 5.32. The third-order valence-corrected chi connectivity index (χ3v) is 4.42. The average molecular weight is 362 g/mol. The maximum Gasteiger partial charge on any atom is 0.277 e. The van der Waals surface area contributed by atoms with Gasteiger partial charge in [-0.15, -0.1) is 21.5 Å². The lowest BCUT2D eigenvalue weighted by Gasteiger charge is -2.27. The van der Waals surface area contributed by atoms with Crippen LogP contribution in [0.5, 0.6) is 0 Å². The molecule has 0 saturated carbocycles. The molecule has 1 aliphatic heterocycles. The molecule has 0 spiro atoms. The molecule has 0 unspecified atom stereocenters. The molecule has 25 heavy (non-hydrogen) atoms. The number of nitrogens with one attached hydrogen (secondary N) is 2. The number of hydrogen-bond acceptors (Lipinski definition) is 8. The maximum atomic E-state index is 12.2. The van der Waals surface area contributed by atoms with E-state index in [0.29, 0.717) is 24.0 Å². The molecule has 0 bridgehead atoms. The van der Waals surface area contributed by atoms with E-state index >= 15 is 0 Å². The Morgan fingerprint density at radius 2 is 2.08 bits per heavy atom. The number of likely N-dealkylation sites (N-methyl/N-ethyl adjacent to an activating group) is 1. The lowest BCUT2D eigenvalue weighted by molar-refractivity contribution is -0.120. The van der Waals surface area contributed by atoms with Gasteiger partial charge in [0.05, 0.1) is 25.3 Å². The fraction of sp³-hybridized carbons (Fsp3) is 0.400. The van der Waals surface area contributed by atoms with Gasteiger partial charge in [-0.05, 0) is 12.1 Å². The number of carbonyl (C=O) groups is 2. The van der Waals surface area contributed by atoms with E-state index in [1.165, 1.54) is 11.3 Å². The van der Waals surface area contributed by atoms with E-state index in [0.717, 1.165) is 18.9 Å². The zero-order valence-electron chi connectivity index (χ0n) is 13.7. The van der Waals surface area contributed by atoms with E-state index in [9.17, 15) is 9.59 Å². The van der Waals surface area contributed by atoms with E-state index in [-0.39, 0.29) is 23.9 Å². The van der Waals surface area contributed by atoms with Crippen molar-refractivity contribution in [2.75, 3.05) is 43.6 Å². The van der Waals surface area contributed by atoms with Crippen LogP contribution in [0.25, 0.3) is 0 Å². The normalized spacial score (nSPS) is 14.2. The van der Waals surface area contributed by atoms with Crippen molar-refractivity contribution in [2.24, 2.45) is 0 Å². The summed E-state index contributed by atoms with van der Waals surface area (Å²) in [6.45, 7) is 2.83. The zero-order chi connectivity index (χ0) is 17.6. The fourth-order valence-electron chi connectivity index (χ4n) is 2.27. The standard InChI is InChI=1S/C15H18N6O3S/c1-16-13(22)8-10-9-25-15(17-10)18-14(23)11-2-3-12(20-19-11)21-4-6-24-7-5-21/h2-3,9H,4-8H2,1H3,(H,16,22)(H,17,18,23). The predicted molar refractivity (Wildman–Crippen MR) is 92.9 cm³/mol. The molecule has 2 amide bonds. The zero-order valence-corrected chi connectivity index (χ0v) is 14.5. The monoisotopic (exact) mass is 362 g/mol. The van der Waals surface area contributed by atoms with Crippen LogP contribution in [0.4, 0.5) is 10.9 Å². The summed E-state index contributed by atoms with van der Waals surface area (Å²) < 4.78 is 5.30. The summed E-state index contributed by atoms with van der Waals surface area (Å²) >= 11 is 1.26. The smallest absolute Gasteiger partial charge is 0.277 e. The number of hydrogen-bond donors (Lipinski definition) is 2. The lowest BCUT2D eigenvalue weighted by Crippen LogP contribution is -2.37. The molecule has 1 aliphatic rings. The second-order valence-corrected chi connectivity index (χ2v) is 6.18. The van der Waals surface area contributed by atoms with Gasteiger partial charge in [0.25, 0.3) is 5.91 Å². The number of thiazole rings is 1. The molecule has 3 heterocycles. The van der Waals surface area contributed by atoms with Crippen molar-refractivity contribution in [3.05, 3.63) is 28.9 Å². The highest BCUT2D eigenvalue weighted by Crippen LogP contribution is 2.17. The van der Waals surface area contributed by atoms with E-state index < -0.39 is 0 Å². The van der Waals surface area contributed by atoms with Gasteiger partial charge < -0.3 is 15.0 Å². The molecular weight excluding hydrogens is 344 g/mol. The van der Waals surface area contributed by atoms with Crippen molar-refractivity contribution in [1.82, 2.24) is 20.5 Å². The Bertz CT molecular complexity index is 742. The number of rotatable bonds is 5.